The van der Waals surface area contributed by atoms with Crippen LogP contribution in [0.3, 0.4) is 0 Å². The summed E-state index contributed by atoms with van der Waals surface area (Å²) >= 11 is 1.60. The molecule has 2 N–H and O–H groups in total. The summed E-state index contributed by atoms with van der Waals surface area (Å²) in [5.41, 5.74) is -0.443. The number of hydrogen-bond acceptors (Lipinski definition) is 4. The predicted octanol–water partition coefficient (Wildman–Crippen LogP) is 2.01. The maximum atomic E-state index is 12.0. The number of aromatic nitrogens is 2. The smallest absolute Gasteiger partial charge is 0.335 e. The number of H-pyrrole nitrogens is 1. The van der Waals surface area contributed by atoms with Crippen molar-refractivity contribution in [2.24, 2.45) is 0 Å². The van der Waals surface area contributed by atoms with E-state index >= 15 is 0 Å². The highest BCUT2D eigenvalue weighted by atomic mass is 32.1. The van der Waals surface area contributed by atoms with E-state index in [4.69, 9.17) is 0 Å². The Balaban J connectivity index is 2.33. The van der Waals surface area contributed by atoms with Gasteiger partial charge in [-0.15, -0.1) is 11.3 Å². The average molecular weight is 288 g/mol. The minimum Gasteiger partial charge on any atom is -0.494 e. The van der Waals surface area contributed by atoms with Gasteiger partial charge in [-0.3, -0.25) is 9.78 Å². The summed E-state index contributed by atoms with van der Waals surface area (Å²) in [5, 5.41) is 13.1. The van der Waals surface area contributed by atoms with Crippen LogP contribution in [0.4, 0.5) is 0 Å². The molecule has 6 heteroatoms. The van der Waals surface area contributed by atoms with Gasteiger partial charge in [0.05, 0.1) is 11.3 Å². The molecule has 0 bridgehead atoms. The number of nitrogens with one attached hydrogen (secondary N) is 1. The molecule has 2 heterocycles. The molecule has 0 aliphatic heterocycles. The Morgan fingerprint density at radius 1 is 1.30 bits per heavy atom. The number of fused-ring (bicyclic) bond motifs is 1. The molecule has 0 aliphatic carbocycles. The van der Waals surface area contributed by atoms with Crippen LogP contribution in [0.1, 0.15) is 12.5 Å². The van der Waals surface area contributed by atoms with E-state index in [1.807, 2.05) is 23.6 Å². The molecule has 0 aliphatic rings. The Kier molecular flexibility index (Phi) is 2.94. The number of aromatic amines is 1. The van der Waals surface area contributed by atoms with Crippen LogP contribution in [0, 0.1) is 0 Å². The first-order chi connectivity index (χ1) is 9.61. The summed E-state index contributed by atoms with van der Waals surface area (Å²) in [6, 6.07) is 7.39. The summed E-state index contributed by atoms with van der Waals surface area (Å²) in [7, 11) is 0. The van der Waals surface area contributed by atoms with Crippen molar-refractivity contribution in [2.75, 3.05) is 0 Å². The van der Waals surface area contributed by atoms with E-state index in [0.29, 0.717) is 12.1 Å². The van der Waals surface area contributed by atoms with Crippen molar-refractivity contribution in [3.05, 3.63) is 56.0 Å². The van der Waals surface area contributed by atoms with Crippen LogP contribution in [0.2, 0.25) is 0 Å². The fraction of sp³-hybridized carbons (Fsp3) is 0.143. The molecule has 0 saturated carbocycles. The second-order valence-electron chi connectivity index (χ2n) is 4.39. The van der Waals surface area contributed by atoms with Gasteiger partial charge in [-0.1, -0.05) is 6.92 Å². The molecular formula is C14H12N2O3S. The number of thiophene rings is 1. The Bertz CT molecular complexity index is 905. The van der Waals surface area contributed by atoms with Crippen LogP contribution in [0.5, 0.6) is 5.88 Å². The molecular weight excluding hydrogens is 276 g/mol. The minimum absolute atomic E-state index is 0.204. The Labute approximate surface area is 117 Å². The van der Waals surface area contributed by atoms with Gasteiger partial charge >= 0.3 is 5.69 Å². The van der Waals surface area contributed by atoms with Crippen molar-refractivity contribution >= 4 is 21.4 Å². The lowest BCUT2D eigenvalue weighted by atomic mass is 10.2. The van der Waals surface area contributed by atoms with Gasteiger partial charge in [-0.25, -0.2) is 9.36 Å². The molecule has 2 aromatic heterocycles. The molecule has 0 fully saturated rings. The highest BCUT2D eigenvalue weighted by Crippen LogP contribution is 2.25. The zero-order chi connectivity index (χ0) is 14.3. The molecule has 0 spiro atoms. The molecule has 0 radical (unpaired) electrons. The zero-order valence-electron chi connectivity index (χ0n) is 10.7. The third kappa shape index (κ3) is 1.85. The SMILES string of the molecule is CCc1c(O)n(-c2ccc3sccc3c2)c(=O)[nH]c1=O. The molecule has 3 rings (SSSR count). The molecule has 5 nitrogen and oxygen atoms in total. The van der Waals surface area contributed by atoms with Crippen molar-refractivity contribution in [3.8, 4) is 11.6 Å². The van der Waals surface area contributed by atoms with E-state index in [2.05, 4.69) is 4.98 Å². The first-order valence-electron chi connectivity index (χ1n) is 6.16. The minimum atomic E-state index is -0.640. The Morgan fingerprint density at radius 3 is 2.85 bits per heavy atom. The topological polar surface area (TPSA) is 75.1 Å². The van der Waals surface area contributed by atoms with Crippen molar-refractivity contribution in [2.45, 2.75) is 13.3 Å². The second-order valence-corrected chi connectivity index (χ2v) is 5.34. The lowest BCUT2D eigenvalue weighted by Gasteiger charge is -2.10. The largest absolute Gasteiger partial charge is 0.494 e. The van der Waals surface area contributed by atoms with E-state index in [-0.39, 0.29) is 11.4 Å². The highest BCUT2D eigenvalue weighted by molar-refractivity contribution is 7.17. The second kappa shape index (κ2) is 4.64. The average Bonchev–Trinajstić information content (AvgIpc) is 2.86. The van der Waals surface area contributed by atoms with E-state index < -0.39 is 11.2 Å². The van der Waals surface area contributed by atoms with E-state index in [9.17, 15) is 14.7 Å². The Hall–Kier alpha value is -2.34. The third-order valence-electron chi connectivity index (χ3n) is 3.23. The molecule has 1 aromatic carbocycles. The number of nitrogens with zero attached hydrogens (tertiary/aromatic N) is 1. The molecule has 0 amide bonds. The maximum Gasteiger partial charge on any atom is 0.335 e. The molecule has 20 heavy (non-hydrogen) atoms. The first-order valence-corrected chi connectivity index (χ1v) is 7.04. The molecule has 0 unspecified atom stereocenters. The van der Waals surface area contributed by atoms with Gasteiger partial charge in [0.15, 0.2) is 0 Å². The lowest BCUT2D eigenvalue weighted by molar-refractivity contribution is 0.423. The molecule has 0 atom stereocenters. The molecule has 3 aromatic rings. The summed E-state index contributed by atoms with van der Waals surface area (Å²) in [5.74, 6) is -0.296. The van der Waals surface area contributed by atoms with E-state index in [1.54, 1.807) is 24.3 Å². The van der Waals surface area contributed by atoms with Gasteiger partial charge in [-0.05, 0) is 41.5 Å². The van der Waals surface area contributed by atoms with Crippen molar-refractivity contribution in [1.29, 1.82) is 0 Å². The van der Waals surface area contributed by atoms with Crippen LogP contribution < -0.4 is 11.2 Å². The van der Waals surface area contributed by atoms with E-state index in [0.717, 1.165) is 14.7 Å². The number of benzene rings is 1. The van der Waals surface area contributed by atoms with Crippen LogP contribution in [-0.2, 0) is 6.42 Å². The van der Waals surface area contributed by atoms with Gasteiger partial charge in [0.1, 0.15) is 0 Å². The van der Waals surface area contributed by atoms with Crippen LogP contribution in [0.15, 0.2) is 39.2 Å². The van der Waals surface area contributed by atoms with E-state index in [1.165, 1.54) is 0 Å². The molecule has 102 valence electrons. The Morgan fingerprint density at radius 2 is 2.10 bits per heavy atom. The number of rotatable bonds is 2. The normalized spacial score (nSPS) is 11.1. The van der Waals surface area contributed by atoms with Gasteiger partial charge in [-0.2, -0.15) is 0 Å². The first kappa shape index (κ1) is 12.7. The van der Waals surface area contributed by atoms with Crippen molar-refractivity contribution in [1.82, 2.24) is 9.55 Å². The predicted molar refractivity (Wildman–Crippen MR) is 79.1 cm³/mol. The molecule has 0 saturated heterocycles. The number of hydrogen-bond donors (Lipinski definition) is 2. The summed E-state index contributed by atoms with van der Waals surface area (Å²) in [6.45, 7) is 1.75. The van der Waals surface area contributed by atoms with Crippen molar-refractivity contribution < 1.29 is 5.11 Å². The van der Waals surface area contributed by atoms with Gasteiger partial charge in [0, 0.05) is 4.70 Å². The maximum absolute atomic E-state index is 12.0. The fourth-order valence-corrected chi connectivity index (χ4v) is 2.98. The van der Waals surface area contributed by atoms with Crippen LogP contribution in [0.25, 0.3) is 15.8 Å². The van der Waals surface area contributed by atoms with Crippen LogP contribution in [-0.4, -0.2) is 14.7 Å². The fourth-order valence-electron chi connectivity index (χ4n) is 2.21. The zero-order valence-corrected chi connectivity index (χ0v) is 11.5. The van der Waals surface area contributed by atoms with Gasteiger partial charge in [0.2, 0.25) is 5.88 Å². The quantitative estimate of drug-likeness (QED) is 0.757. The summed E-state index contributed by atoms with van der Waals surface area (Å²) < 4.78 is 2.22. The monoisotopic (exact) mass is 288 g/mol. The summed E-state index contributed by atoms with van der Waals surface area (Å²) in [4.78, 5) is 25.8. The third-order valence-corrected chi connectivity index (χ3v) is 4.12. The summed E-state index contributed by atoms with van der Waals surface area (Å²) in [6.07, 6.45) is 0.349. The number of aromatic hydroxyl groups is 1. The van der Waals surface area contributed by atoms with Gasteiger partial charge in [0.25, 0.3) is 5.56 Å². The lowest BCUT2D eigenvalue weighted by Crippen LogP contribution is -2.31. The van der Waals surface area contributed by atoms with Crippen molar-refractivity contribution in [3.63, 3.8) is 0 Å². The van der Waals surface area contributed by atoms with Gasteiger partial charge < -0.3 is 5.11 Å². The van der Waals surface area contributed by atoms with Crippen LogP contribution >= 0.6 is 11.3 Å². The standard InChI is InChI=1S/C14H12N2O3S/c1-2-10-12(17)15-14(19)16(13(10)18)9-3-4-11-8(7-9)5-6-20-11/h3-7,18H,2H2,1H3,(H,15,17,19). The highest BCUT2D eigenvalue weighted by Gasteiger charge is 2.14.